The number of hydrogen-bond acceptors (Lipinski definition) is 0. The lowest BCUT2D eigenvalue weighted by Crippen LogP contribution is -1.98. The highest BCUT2D eigenvalue weighted by atomic mass is 14.1. The normalized spacial score (nSPS) is 12.9. The molecule has 0 aromatic heterocycles. The fourth-order valence-corrected chi connectivity index (χ4v) is 0.569. The molecule has 0 spiro atoms. The first kappa shape index (κ1) is 8.74. The van der Waals surface area contributed by atoms with Crippen LogP contribution in [0.3, 0.4) is 0 Å². The lowest BCUT2D eigenvalue weighted by Gasteiger charge is -2.10. The van der Waals surface area contributed by atoms with Crippen molar-refractivity contribution in [2.45, 2.75) is 33.6 Å². The molecule has 0 heteroatoms. The van der Waals surface area contributed by atoms with Crippen LogP contribution in [-0.4, -0.2) is 0 Å². The van der Waals surface area contributed by atoms with Gasteiger partial charge in [0, 0.05) is 0 Å². The number of rotatable bonds is 3. The first-order chi connectivity index (χ1) is 4.06. The highest BCUT2D eigenvalue weighted by Crippen LogP contribution is 2.14. The van der Waals surface area contributed by atoms with Crippen LogP contribution in [0.4, 0.5) is 0 Å². The smallest absolute Gasteiger partial charge is 0.0175 e. The van der Waals surface area contributed by atoms with Crippen molar-refractivity contribution in [2.24, 2.45) is 5.41 Å². The summed E-state index contributed by atoms with van der Waals surface area (Å²) in [4.78, 5) is 0. The van der Waals surface area contributed by atoms with Gasteiger partial charge in [-0.2, -0.15) is 0 Å². The number of unbranched alkanes of at least 4 members (excludes halogenated alkanes) is 1. The standard InChI is InChI=1S/C9H17/c1-5-6-7-8-9(2,3)4/h7-8H,2,5-6H2,1,3-4H3. The Hall–Kier alpha value is -0.260. The van der Waals surface area contributed by atoms with Crippen molar-refractivity contribution in [1.82, 2.24) is 0 Å². The highest BCUT2D eigenvalue weighted by molar-refractivity contribution is 4.95. The zero-order chi connectivity index (χ0) is 7.33. The molecule has 0 aliphatic rings. The van der Waals surface area contributed by atoms with Gasteiger partial charge >= 0.3 is 0 Å². The first-order valence-electron chi connectivity index (χ1n) is 3.59. The molecule has 0 aromatic rings. The monoisotopic (exact) mass is 125 g/mol. The molecule has 0 aromatic carbocycles. The third kappa shape index (κ3) is 7.74. The molecule has 0 nitrogen and oxygen atoms in total. The Morgan fingerprint density at radius 3 is 2.33 bits per heavy atom. The molecule has 0 N–H and O–H groups in total. The van der Waals surface area contributed by atoms with Crippen molar-refractivity contribution in [2.75, 3.05) is 0 Å². The molecule has 0 unspecified atom stereocenters. The van der Waals surface area contributed by atoms with Crippen LogP contribution in [-0.2, 0) is 0 Å². The second-order valence-corrected chi connectivity index (χ2v) is 3.18. The Balaban J connectivity index is 3.45. The number of hydrogen-bond donors (Lipinski definition) is 0. The van der Waals surface area contributed by atoms with Gasteiger partial charge in [0.05, 0.1) is 0 Å². The Labute approximate surface area is 59.0 Å². The average molecular weight is 125 g/mol. The summed E-state index contributed by atoms with van der Waals surface area (Å²) in [6.45, 7) is 10.4. The lowest BCUT2D eigenvalue weighted by molar-refractivity contribution is 0.617. The minimum Gasteiger partial charge on any atom is -0.0880 e. The third-order valence-corrected chi connectivity index (χ3v) is 1.02. The Morgan fingerprint density at radius 1 is 1.44 bits per heavy atom. The summed E-state index contributed by atoms with van der Waals surface area (Å²) in [5, 5.41) is 0. The summed E-state index contributed by atoms with van der Waals surface area (Å²) in [6, 6.07) is 0. The van der Waals surface area contributed by atoms with E-state index in [1.54, 1.807) is 0 Å². The second kappa shape index (κ2) is 3.71. The second-order valence-electron chi connectivity index (χ2n) is 3.18. The van der Waals surface area contributed by atoms with Crippen molar-refractivity contribution < 1.29 is 0 Å². The molecule has 53 valence electrons. The van der Waals surface area contributed by atoms with E-state index in [4.69, 9.17) is 0 Å². The van der Waals surface area contributed by atoms with Crippen molar-refractivity contribution in [3.05, 3.63) is 19.1 Å². The van der Waals surface area contributed by atoms with Gasteiger partial charge in [0.25, 0.3) is 0 Å². The van der Waals surface area contributed by atoms with Gasteiger partial charge in [0.1, 0.15) is 0 Å². The van der Waals surface area contributed by atoms with Crippen molar-refractivity contribution in [3.8, 4) is 0 Å². The zero-order valence-electron chi connectivity index (χ0n) is 6.78. The van der Waals surface area contributed by atoms with E-state index in [-0.39, 0.29) is 5.41 Å². The van der Waals surface area contributed by atoms with Crippen LogP contribution in [0.25, 0.3) is 0 Å². The summed E-state index contributed by atoms with van der Waals surface area (Å²) in [7, 11) is 0. The fraction of sp³-hybridized carbons (Fsp3) is 0.667. The molecule has 9 heavy (non-hydrogen) atoms. The van der Waals surface area contributed by atoms with Gasteiger partial charge in [-0.3, -0.25) is 0 Å². The van der Waals surface area contributed by atoms with Crippen molar-refractivity contribution >= 4 is 0 Å². The molecule has 0 aliphatic carbocycles. The predicted octanol–water partition coefficient (Wildman–Crippen LogP) is 3.20. The number of allylic oxidation sites excluding steroid dienone is 2. The minimum absolute atomic E-state index is 0.120. The van der Waals surface area contributed by atoms with Gasteiger partial charge in [-0.1, -0.05) is 39.3 Å². The van der Waals surface area contributed by atoms with Crippen molar-refractivity contribution in [3.63, 3.8) is 0 Å². The molecule has 0 fully saturated rings. The van der Waals surface area contributed by atoms with Crippen LogP contribution < -0.4 is 0 Å². The summed E-state index contributed by atoms with van der Waals surface area (Å²) >= 11 is 0. The van der Waals surface area contributed by atoms with Crippen LogP contribution in [0.2, 0.25) is 0 Å². The molecule has 1 radical (unpaired) electrons. The summed E-state index contributed by atoms with van der Waals surface area (Å²) < 4.78 is 0. The average Bonchev–Trinajstić information content (AvgIpc) is 1.63. The van der Waals surface area contributed by atoms with Gasteiger partial charge in [-0.05, 0) is 18.8 Å². The molecule has 0 rings (SSSR count). The van der Waals surface area contributed by atoms with Gasteiger partial charge in [0.15, 0.2) is 0 Å². The van der Waals surface area contributed by atoms with E-state index < -0.39 is 0 Å². The fourth-order valence-electron chi connectivity index (χ4n) is 0.569. The van der Waals surface area contributed by atoms with E-state index in [1.807, 2.05) is 0 Å². The van der Waals surface area contributed by atoms with Gasteiger partial charge in [-0.25, -0.2) is 0 Å². The lowest BCUT2D eigenvalue weighted by atomic mass is 9.96. The molecule has 0 saturated carbocycles. The molecule has 0 bridgehead atoms. The molecule has 0 atom stereocenters. The maximum absolute atomic E-state index is 3.96. The van der Waals surface area contributed by atoms with E-state index in [0.717, 1.165) is 0 Å². The molecular formula is C9H17. The zero-order valence-corrected chi connectivity index (χ0v) is 6.78. The largest absolute Gasteiger partial charge is 0.0880 e. The third-order valence-electron chi connectivity index (χ3n) is 1.02. The summed E-state index contributed by atoms with van der Waals surface area (Å²) in [5.74, 6) is 0. The van der Waals surface area contributed by atoms with Crippen LogP contribution in [0, 0.1) is 12.3 Å². The van der Waals surface area contributed by atoms with Crippen LogP contribution in [0.15, 0.2) is 12.2 Å². The molecule has 0 saturated heterocycles. The van der Waals surface area contributed by atoms with E-state index in [2.05, 4.69) is 39.8 Å². The van der Waals surface area contributed by atoms with E-state index in [9.17, 15) is 0 Å². The molecule has 0 heterocycles. The topological polar surface area (TPSA) is 0 Å². The maximum Gasteiger partial charge on any atom is -0.0175 e. The van der Waals surface area contributed by atoms with E-state index >= 15 is 0 Å². The van der Waals surface area contributed by atoms with Crippen LogP contribution in [0.1, 0.15) is 33.6 Å². The molecule has 0 amide bonds. The Morgan fingerprint density at radius 2 is 2.00 bits per heavy atom. The van der Waals surface area contributed by atoms with Gasteiger partial charge < -0.3 is 0 Å². The minimum atomic E-state index is 0.120. The van der Waals surface area contributed by atoms with Gasteiger partial charge in [-0.15, -0.1) is 0 Å². The van der Waals surface area contributed by atoms with E-state index in [1.165, 1.54) is 12.8 Å². The van der Waals surface area contributed by atoms with Gasteiger partial charge in [0.2, 0.25) is 0 Å². The van der Waals surface area contributed by atoms with E-state index in [0.29, 0.717) is 0 Å². The quantitative estimate of drug-likeness (QED) is 0.508. The first-order valence-corrected chi connectivity index (χ1v) is 3.59. The maximum atomic E-state index is 3.96. The van der Waals surface area contributed by atoms with Crippen LogP contribution >= 0.6 is 0 Å². The Bertz CT molecular complexity index is 82.7. The molecule has 0 aliphatic heterocycles. The SMILES string of the molecule is [CH2]C(C)(C)C=CCCC. The predicted molar refractivity (Wildman–Crippen MR) is 43.2 cm³/mol. The van der Waals surface area contributed by atoms with Crippen LogP contribution in [0.5, 0.6) is 0 Å². The summed E-state index contributed by atoms with van der Waals surface area (Å²) in [6.07, 6.45) is 6.77. The van der Waals surface area contributed by atoms with Crippen molar-refractivity contribution in [1.29, 1.82) is 0 Å². The molecular weight excluding hydrogens is 108 g/mol. The highest BCUT2D eigenvalue weighted by Gasteiger charge is 2.02. The Kier molecular flexibility index (Phi) is 3.60. The summed E-state index contributed by atoms with van der Waals surface area (Å²) in [5.41, 5.74) is 0.120.